The number of allylic oxidation sites excluding steroid dienone is 7. The van der Waals surface area contributed by atoms with Gasteiger partial charge < -0.3 is 0 Å². The second kappa shape index (κ2) is 8.98. The third kappa shape index (κ3) is 4.82. The molecule has 1 rings (SSSR count). The smallest absolute Gasteiger partial charge is 0.0344 e. The van der Waals surface area contributed by atoms with Crippen LogP contribution in [-0.2, 0) is 21.7 Å². The molecule has 16 heavy (non-hydrogen) atoms. The maximum absolute atomic E-state index is 4.93. The second-order valence-corrected chi connectivity index (χ2v) is 5.13. The van der Waals surface area contributed by atoms with E-state index in [4.69, 9.17) is 6.58 Å². The van der Waals surface area contributed by atoms with Crippen LogP contribution in [-0.4, -0.2) is 10.2 Å². The van der Waals surface area contributed by atoms with Crippen LogP contribution >= 0.6 is 0 Å². The maximum atomic E-state index is 4.93. The van der Waals surface area contributed by atoms with E-state index in [-0.39, 0.29) is 21.7 Å². The Morgan fingerprint density at radius 2 is 1.69 bits per heavy atom. The van der Waals surface area contributed by atoms with Gasteiger partial charge in [-0.25, -0.2) is 12.2 Å². The SMILES string of the molecule is CC1=C(C)C(C)C([SiH3])=C1C.[CH-]=CC=CC.[Ti]. The number of hydrogen-bond acceptors (Lipinski definition) is 0. The van der Waals surface area contributed by atoms with Crippen molar-refractivity contribution in [1.29, 1.82) is 0 Å². The predicted molar refractivity (Wildman–Crippen MR) is 73.9 cm³/mol. The van der Waals surface area contributed by atoms with Gasteiger partial charge in [0.2, 0.25) is 0 Å². The first-order chi connectivity index (χ1) is 6.97. The molecule has 0 radical (unpaired) electrons. The Labute approximate surface area is 119 Å². The summed E-state index contributed by atoms with van der Waals surface area (Å²) in [5.74, 6) is 0.756. The molecule has 0 N–H and O–H groups in total. The average molecular weight is 267 g/mol. The zero-order valence-corrected chi connectivity index (χ0v) is 14.9. The van der Waals surface area contributed by atoms with Crippen LogP contribution in [0.25, 0.3) is 0 Å². The third-order valence-corrected chi connectivity index (χ3v) is 4.96. The Balaban J connectivity index is 0. The summed E-state index contributed by atoms with van der Waals surface area (Å²) < 4.78 is 0. The molecular formula is C14H23SiTi-. The normalized spacial score (nSPS) is 19.7. The molecule has 0 bridgehead atoms. The van der Waals surface area contributed by atoms with Crippen molar-refractivity contribution in [3.05, 3.63) is 46.7 Å². The fraction of sp³-hybridized carbons (Fsp3) is 0.429. The van der Waals surface area contributed by atoms with E-state index in [1.807, 2.05) is 13.0 Å². The molecule has 1 aliphatic carbocycles. The minimum Gasteiger partial charge on any atom is -0.293 e. The zero-order valence-electron chi connectivity index (χ0n) is 11.4. The average Bonchev–Trinajstić information content (AvgIpc) is 2.39. The van der Waals surface area contributed by atoms with Crippen molar-refractivity contribution >= 4 is 10.2 Å². The van der Waals surface area contributed by atoms with E-state index >= 15 is 0 Å². The summed E-state index contributed by atoms with van der Waals surface area (Å²) in [5, 5.41) is 1.69. The van der Waals surface area contributed by atoms with Crippen molar-refractivity contribution in [2.24, 2.45) is 5.92 Å². The Hall–Kier alpha value is -0.109. The van der Waals surface area contributed by atoms with Crippen LogP contribution < -0.4 is 0 Å². The van der Waals surface area contributed by atoms with E-state index < -0.39 is 0 Å². The van der Waals surface area contributed by atoms with Crippen LogP contribution in [0.1, 0.15) is 34.6 Å². The van der Waals surface area contributed by atoms with E-state index in [2.05, 4.69) is 27.7 Å². The molecule has 1 aliphatic rings. The summed E-state index contributed by atoms with van der Waals surface area (Å²) in [6.45, 7) is 15.9. The Morgan fingerprint density at radius 3 is 1.75 bits per heavy atom. The summed E-state index contributed by atoms with van der Waals surface area (Å²) in [6, 6.07) is 0. The minimum absolute atomic E-state index is 0. The van der Waals surface area contributed by atoms with Gasteiger partial charge in [-0.3, -0.25) is 6.58 Å². The van der Waals surface area contributed by atoms with Gasteiger partial charge in [-0.05, 0) is 32.3 Å². The van der Waals surface area contributed by atoms with Crippen molar-refractivity contribution < 1.29 is 21.7 Å². The summed E-state index contributed by atoms with van der Waals surface area (Å²) >= 11 is 0. The third-order valence-electron chi connectivity index (χ3n) is 3.35. The van der Waals surface area contributed by atoms with Crippen molar-refractivity contribution in [2.45, 2.75) is 34.6 Å². The molecule has 0 fully saturated rings. The molecule has 0 aromatic rings. The standard InChI is InChI=1S/C9H16Si.C5H7.Ti/c1-5-6(2)8(4)9(10)7(5)3;1-3-5-4-2;/h7H,1-4,10H3;1,3-5H,2H3;/q;-1;. The Kier molecular flexibility index (Phi) is 10.2. The molecule has 0 nitrogen and oxygen atoms in total. The molecule has 2 heteroatoms. The molecule has 0 aromatic heterocycles. The Bertz CT molecular complexity index is 298. The largest absolute Gasteiger partial charge is 0.293 e. The van der Waals surface area contributed by atoms with E-state index in [9.17, 15) is 0 Å². The molecule has 0 aromatic carbocycles. The molecule has 1 atom stereocenters. The monoisotopic (exact) mass is 267 g/mol. The fourth-order valence-electron chi connectivity index (χ4n) is 1.68. The van der Waals surface area contributed by atoms with Gasteiger partial charge in [0.1, 0.15) is 0 Å². The maximum Gasteiger partial charge on any atom is 0.0344 e. The van der Waals surface area contributed by atoms with Gasteiger partial charge in [0.25, 0.3) is 0 Å². The van der Waals surface area contributed by atoms with E-state index in [0.29, 0.717) is 0 Å². The molecular weight excluding hydrogens is 244 g/mol. The van der Waals surface area contributed by atoms with E-state index in [1.54, 1.807) is 22.4 Å². The van der Waals surface area contributed by atoms with Gasteiger partial charge in [-0.2, -0.15) is 6.08 Å². The van der Waals surface area contributed by atoms with Gasteiger partial charge >= 0.3 is 0 Å². The van der Waals surface area contributed by atoms with Crippen molar-refractivity contribution in [1.82, 2.24) is 0 Å². The van der Waals surface area contributed by atoms with E-state index in [0.717, 1.165) is 5.92 Å². The first-order valence-corrected chi connectivity index (χ1v) is 6.48. The van der Waals surface area contributed by atoms with Gasteiger partial charge in [0, 0.05) is 32.0 Å². The van der Waals surface area contributed by atoms with E-state index in [1.165, 1.54) is 21.9 Å². The van der Waals surface area contributed by atoms with Crippen molar-refractivity contribution in [3.63, 3.8) is 0 Å². The quantitative estimate of drug-likeness (QED) is 0.389. The van der Waals surface area contributed by atoms with Crippen LogP contribution in [0.4, 0.5) is 0 Å². The van der Waals surface area contributed by atoms with Crippen LogP contribution in [0.3, 0.4) is 0 Å². The van der Waals surface area contributed by atoms with Crippen LogP contribution in [0.2, 0.25) is 0 Å². The molecule has 0 amide bonds. The van der Waals surface area contributed by atoms with Gasteiger partial charge in [-0.1, -0.05) is 30.2 Å². The number of hydrogen-bond donors (Lipinski definition) is 0. The Morgan fingerprint density at radius 1 is 1.19 bits per heavy atom. The predicted octanol–water partition coefficient (Wildman–Crippen LogP) is 3.16. The summed E-state index contributed by atoms with van der Waals surface area (Å²) in [7, 11) is 1.23. The molecule has 88 valence electrons. The van der Waals surface area contributed by atoms with Gasteiger partial charge in [-0.15, -0.1) is 0 Å². The fourth-order valence-corrected chi connectivity index (χ4v) is 2.48. The summed E-state index contributed by atoms with van der Waals surface area (Å²) in [6.07, 6.45) is 5.15. The second-order valence-electron chi connectivity index (χ2n) is 4.06. The van der Waals surface area contributed by atoms with Gasteiger partial charge in [0.15, 0.2) is 0 Å². The first-order valence-electron chi connectivity index (χ1n) is 5.48. The molecule has 0 saturated carbocycles. The van der Waals surface area contributed by atoms with Crippen LogP contribution in [0.15, 0.2) is 40.1 Å². The summed E-state index contributed by atoms with van der Waals surface area (Å²) in [5.41, 5.74) is 4.69. The first kappa shape index (κ1) is 18.3. The van der Waals surface area contributed by atoms with Crippen molar-refractivity contribution in [2.75, 3.05) is 0 Å². The topological polar surface area (TPSA) is 0 Å². The molecule has 0 saturated heterocycles. The molecule has 0 heterocycles. The number of rotatable bonds is 1. The molecule has 1 unspecified atom stereocenters. The molecule has 0 spiro atoms. The van der Waals surface area contributed by atoms with Crippen LogP contribution in [0.5, 0.6) is 0 Å². The van der Waals surface area contributed by atoms with Crippen molar-refractivity contribution in [3.8, 4) is 0 Å². The molecule has 0 aliphatic heterocycles. The van der Waals surface area contributed by atoms with Gasteiger partial charge in [0.05, 0.1) is 0 Å². The summed E-state index contributed by atoms with van der Waals surface area (Å²) in [4.78, 5) is 0. The van der Waals surface area contributed by atoms with Crippen LogP contribution in [0, 0.1) is 12.5 Å². The zero-order chi connectivity index (χ0) is 12.0. The minimum atomic E-state index is 0.